The Labute approximate surface area is 113 Å². The average molecular weight is 343 g/mol. The highest BCUT2D eigenvalue weighted by atomic mass is 127. The fourth-order valence-corrected chi connectivity index (χ4v) is 1.90. The van der Waals surface area contributed by atoms with Crippen LogP contribution in [0.4, 0.5) is 10.1 Å². The third-order valence-electron chi connectivity index (χ3n) is 2.35. The minimum Gasteiger partial charge on any atom is -0.508 e. The van der Waals surface area contributed by atoms with E-state index in [1.165, 1.54) is 6.07 Å². The third kappa shape index (κ3) is 3.33. The van der Waals surface area contributed by atoms with Crippen molar-refractivity contribution in [1.82, 2.24) is 0 Å². The first-order valence-electron chi connectivity index (χ1n) is 5.12. The van der Waals surface area contributed by atoms with E-state index >= 15 is 0 Å². The molecule has 0 saturated heterocycles. The van der Waals surface area contributed by atoms with E-state index in [1.54, 1.807) is 30.3 Å². The van der Waals surface area contributed by atoms with Crippen LogP contribution in [-0.4, -0.2) is 5.11 Å². The lowest BCUT2D eigenvalue weighted by Gasteiger charge is -2.08. The lowest BCUT2D eigenvalue weighted by Crippen LogP contribution is -2.01. The molecule has 0 unspecified atom stereocenters. The molecule has 2 aromatic carbocycles. The maximum absolute atomic E-state index is 13.5. The molecule has 0 aliphatic heterocycles. The molecule has 2 aromatic rings. The molecule has 17 heavy (non-hydrogen) atoms. The van der Waals surface area contributed by atoms with Crippen molar-refractivity contribution in [1.29, 1.82) is 0 Å². The van der Waals surface area contributed by atoms with Crippen LogP contribution in [0.1, 0.15) is 5.56 Å². The number of phenols is 1. The smallest absolute Gasteiger partial charge is 0.147 e. The first kappa shape index (κ1) is 12.2. The highest BCUT2D eigenvalue weighted by Gasteiger charge is 2.02. The van der Waals surface area contributed by atoms with Crippen molar-refractivity contribution in [3.05, 3.63) is 57.4 Å². The van der Waals surface area contributed by atoms with Crippen LogP contribution in [0, 0.1) is 9.39 Å². The maximum Gasteiger partial charge on any atom is 0.147 e. The fraction of sp³-hybridized carbons (Fsp3) is 0.0769. The zero-order chi connectivity index (χ0) is 12.3. The molecular weight excluding hydrogens is 332 g/mol. The van der Waals surface area contributed by atoms with E-state index in [0.29, 0.717) is 12.2 Å². The van der Waals surface area contributed by atoms with Crippen LogP contribution in [0.25, 0.3) is 0 Å². The van der Waals surface area contributed by atoms with Crippen molar-refractivity contribution in [2.24, 2.45) is 0 Å². The summed E-state index contributed by atoms with van der Waals surface area (Å²) in [5.74, 6) is -0.0233. The molecular formula is C13H11FINO. The zero-order valence-electron chi connectivity index (χ0n) is 8.95. The van der Waals surface area contributed by atoms with E-state index in [2.05, 4.69) is 27.9 Å². The molecule has 0 atom stereocenters. The molecule has 0 heterocycles. The molecule has 0 aliphatic rings. The monoisotopic (exact) mass is 343 g/mol. The largest absolute Gasteiger partial charge is 0.508 e. The van der Waals surface area contributed by atoms with Crippen molar-refractivity contribution < 1.29 is 9.50 Å². The summed E-state index contributed by atoms with van der Waals surface area (Å²) in [4.78, 5) is 0. The van der Waals surface area contributed by atoms with E-state index in [1.807, 2.05) is 6.07 Å². The molecule has 4 heteroatoms. The van der Waals surface area contributed by atoms with Crippen molar-refractivity contribution in [2.45, 2.75) is 6.54 Å². The maximum atomic E-state index is 13.5. The minimum absolute atomic E-state index is 0.231. The van der Waals surface area contributed by atoms with Gasteiger partial charge in [-0.3, -0.25) is 0 Å². The summed E-state index contributed by atoms with van der Waals surface area (Å²) in [6.45, 7) is 0.526. The predicted molar refractivity (Wildman–Crippen MR) is 74.6 cm³/mol. The number of halogens is 2. The van der Waals surface area contributed by atoms with Gasteiger partial charge in [0.25, 0.3) is 0 Å². The molecule has 0 spiro atoms. The number of hydrogen-bond donors (Lipinski definition) is 2. The van der Waals surface area contributed by atoms with Gasteiger partial charge in [-0.2, -0.15) is 0 Å². The number of benzene rings is 2. The summed E-state index contributed by atoms with van der Waals surface area (Å²) in [6, 6.07) is 11.9. The SMILES string of the molecule is Oc1ccc(CNc2ccc(I)cc2F)cc1. The molecule has 2 rings (SSSR count). The van der Waals surface area contributed by atoms with Crippen LogP contribution in [0.2, 0.25) is 0 Å². The van der Waals surface area contributed by atoms with E-state index in [4.69, 9.17) is 5.11 Å². The summed E-state index contributed by atoms with van der Waals surface area (Å²) in [7, 11) is 0. The molecule has 0 amide bonds. The summed E-state index contributed by atoms with van der Waals surface area (Å²) in [5, 5.41) is 12.2. The molecule has 0 aromatic heterocycles. The number of aromatic hydroxyl groups is 1. The van der Waals surface area contributed by atoms with Crippen LogP contribution in [0.15, 0.2) is 42.5 Å². The van der Waals surface area contributed by atoms with Gasteiger partial charge >= 0.3 is 0 Å². The number of nitrogens with one attached hydrogen (secondary N) is 1. The second kappa shape index (κ2) is 5.35. The highest BCUT2D eigenvalue weighted by Crippen LogP contribution is 2.18. The van der Waals surface area contributed by atoms with E-state index in [-0.39, 0.29) is 11.6 Å². The third-order valence-corrected chi connectivity index (χ3v) is 3.02. The molecule has 88 valence electrons. The van der Waals surface area contributed by atoms with Gasteiger partial charge in [0.05, 0.1) is 5.69 Å². The van der Waals surface area contributed by atoms with Crippen LogP contribution < -0.4 is 5.32 Å². The number of hydrogen-bond acceptors (Lipinski definition) is 2. The molecule has 0 aliphatic carbocycles. The van der Waals surface area contributed by atoms with Crippen molar-refractivity contribution in [2.75, 3.05) is 5.32 Å². The fourth-order valence-electron chi connectivity index (χ4n) is 1.44. The van der Waals surface area contributed by atoms with E-state index < -0.39 is 0 Å². The van der Waals surface area contributed by atoms with Crippen molar-refractivity contribution in [3.8, 4) is 5.75 Å². The van der Waals surface area contributed by atoms with Gasteiger partial charge in [0.2, 0.25) is 0 Å². The summed E-state index contributed by atoms with van der Waals surface area (Å²) < 4.78 is 14.4. The Kier molecular flexibility index (Phi) is 3.83. The van der Waals surface area contributed by atoms with Crippen molar-refractivity contribution >= 4 is 28.3 Å². The summed E-state index contributed by atoms with van der Waals surface area (Å²) in [6.07, 6.45) is 0. The number of phenolic OH excluding ortho intramolecular Hbond substituents is 1. The normalized spacial score (nSPS) is 10.2. The molecule has 2 N–H and O–H groups in total. The Bertz CT molecular complexity index is 513. The van der Waals surface area contributed by atoms with Crippen molar-refractivity contribution in [3.63, 3.8) is 0 Å². The lowest BCUT2D eigenvalue weighted by molar-refractivity contribution is 0.475. The summed E-state index contributed by atoms with van der Waals surface area (Å²) >= 11 is 2.07. The van der Waals surface area contributed by atoms with Gasteiger partial charge in [0.1, 0.15) is 11.6 Å². The molecule has 0 bridgehead atoms. The van der Waals surface area contributed by atoms with Gasteiger partial charge in [-0.25, -0.2) is 4.39 Å². The Hall–Kier alpha value is -1.30. The molecule has 0 saturated carbocycles. The number of rotatable bonds is 3. The van der Waals surface area contributed by atoms with Crippen LogP contribution >= 0.6 is 22.6 Å². The Morgan fingerprint density at radius 2 is 1.82 bits per heavy atom. The Morgan fingerprint density at radius 3 is 2.47 bits per heavy atom. The van der Waals surface area contributed by atoms with Gasteiger partial charge in [-0.15, -0.1) is 0 Å². The van der Waals surface area contributed by atoms with Gasteiger partial charge in [-0.1, -0.05) is 12.1 Å². The average Bonchev–Trinajstić information content (AvgIpc) is 2.30. The van der Waals surface area contributed by atoms with Crippen LogP contribution in [0.3, 0.4) is 0 Å². The van der Waals surface area contributed by atoms with Crippen LogP contribution in [-0.2, 0) is 6.54 Å². The zero-order valence-corrected chi connectivity index (χ0v) is 11.1. The molecule has 2 nitrogen and oxygen atoms in total. The van der Waals surface area contributed by atoms with Gasteiger partial charge < -0.3 is 10.4 Å². The van der Waals surface area contributed by atoms with Crippen LogP contribution in [0.5, 0.6) is 5.75 Å². The number of anilines is 1. The molecule has 0 radical (unpaired) electrons. The van der Waals surface area contributed by atoms with E-state index in [0.717, 1.165) is 9.13 Å². The van der Waals surface area contributed by atoms with Gasteiger partial charge in [-0.05, 0) is 58.5 Å². The van der Waals surface area contributed by atoms with Gasteiger partial charge in [0, 0.05) is 10.1 Å². The Balaban J connectivity index is 2.04. The molecule has 0 fully saturated rings. The first-order valence-corrected chi connectivity index (χ1v) is 6.20. The van der Waals surface area contributed by atoms with Gasteiger partial charge in [0.15, 0.2) is 0 Å². The quantitative estimate of drug-likeness (QED) is 0.832. The topological polar surface area (TPSA) is 32.3 Å². The standard InChI is InChI=1S/C13H11FINO/c14-12-7-10(15)3-6-13(12)16-8-9-1-4-11(17)5-2-9/h1-7,16-17H,8H2. The second-order valence-electron chi connectivity index (χ2n) is 3.64. The predicted octanol–water partition coefficient (Wildman–Crippen LogP) is 3.75. The second-order valence-corrected chi connectivity index (χ2v) is 4.89. The first-order chi connectivity index (χ1) is 8.15. The lowest BCUT2D eigenvalue weighted by atomic mass is 10.2. The highest BCUT2D eigenvalue weighted by molar-refractivity contribution is 14.1. The minimum atomic E-state index is -0.254. The summed E-state index contributed by atoms with van der Waals surface area (Å²) in [5.41, 5.74) is 1.47. The van der Waals surface area contributed by atoms with E-state index in [9.17, 15) is 4.39 Å². The Morgan fingerprint density at radius 1 is 1.12 bits per heavy atom.